The second-order valence-corrected chi connectivity index (χ2v) is 8.74. The summed E-state index contributed by atoms with van der Waals surface area (Å²) >= 11 is 0. The predicted octanol–water partition coefficient (Wildman–Crippen LogP) is 4.86. The van der Waals surface area contributed by atoms with Crippen LogP contribution >= 0.6 is 0 Å². The number of carbonyl (C=O) groups excluding carboxylic acids is 1. The number of aromatic nitrogens is 2. The zero-order chi connectivity index (χ0) is 24.8. The van der Waals surface area contributed by atoms with E-state index in [9.17, 15) is 4.79 Å². The number of anilines is 1. The molecule has 1 aliphatic rings. The van der Waals surface area contributed by atoms with Crippen LogP contribution in [0.3, 0.4) is 0 Å². The minimum Gasteiger partial charge on any atom is -0.497 e. The maximum absolute atomic E-state index is 12.9. The van der Waals surface area contributed by atoms with Gasteiger partial charge >= 0.3 is 5.97 Å². The summed E-state index contributed by atoms with van der Waals surface area (Å²) in [5, 5.41) is 0. The molecule has 1 aromatic heterocycles. The first-order valence-corrected chi connectivity index (χ1v) is 12.1. The Bertz CT molecular complexity index is 1100. The molecule has 3 aromatic rings. The van der Waals surface area contributed by atoms with E-state index >= 15 is 0 Å². The van der Waals surface area contributed by atoms with Crippen LogP contribution in [0.4, 0.5) is 5.95 Å². The average molecular weight is 476 g/mol. The van der Waals surface area contributed by atoms with Gasteiger partial charge in [0, 0.05) is 24.8 Å². The molecule has 7 nitrogen and oxygen atoms in total. The van der Waals surface area contributed by atoms with Crippen LogP contribution in [0.1, 0.15) is 49.1 Å². The highest BCUT2D eigenvalue weighted by Gasteiger charge is 2.46. The van der Waals surface area contributed by atoms with Crippen molar-refractivity contribution < 1.29 is 19.0 Å². The van der Waals surface area contributed by atoms with Crippen molar-refractivity contribution in [2.75, 3.05) is 25.7 Å². The van der Waals surface area contributed by atoms with Crippen molar-refractivity contribution in [3.8, 4) is 11.5 Å². The summed E-state index contributed by atoms with van der Waals surface area (Å²) in [6, 6.07) is 16.0. The monoisotopic (exact) mass is 475 g/mol. The van der Waals surface area contributed by atoms with Crippen molar-refractivity contribution >= 4 is 11.9 Å². The molecule has 2 aromatic carbocycles. The number of nitrogens with zero attached hydrogens (tertiary/aromatic N) is 3. The van der Waals surface area contributed by atoms with Gasteiger partial charge in [0.25, 0.3) is 0 Å². The Balaban J connectivity index is 1.66. The van der Waals surface area contributed by atoms with Gasteiger partial charge in [-0.25, -0.2) is 9.97 Å². The van der Waals surface area contributed by atoms with E-state index in [4.69, 9.17) is 24.2 Å². The van der Waals surface area contributed by atoms with Crippen LogP contribution in [-0.4, -0.2) is 36.8 Å². The largest absolute Gasteiger partial charge is 0.497 e. The first kappa shape index (κ1) is 24.5. The molecule has 184 valence electrons. The normalized spacial score (nSPS) is 16.5. The van der Waals surface area contributed by atoms with Gasteiger partial charge in [-0.15, -0.1) is 0 Å². The van der Waals surface area contributed by atoms with E-state index in [0.717, 1.165) is 40.3 Å². The number of esters is 1. The molecule has 1 heterocycles. The average Bonchev–Trinajstić information content (AvgIpc) is 3.28. The van der Waals surface area contributed by atoms with E-state index in [-0.39, 0.29) is 5.97 Å². The lowest BCUT2D eigenvalue weighted by Gasteiger charge is -2.27. The molecular weight excluding hydrogens is 442 g/mol. The molecule has 0 radical (unpaired) electrons. The number of benzene rings is 2. The molecule has 1 unspecified atom stereocenters. The van der Waals surface area contributed by atoms with Gasteiger partial charge < -0.3 is 19.1 Å². The third-order valence-electron chi connectivity index (χ3n) is 6.78. The van der Waals surface area contributed by atoms with Gasteiger partial charge in [0.2, 0.25) is 5.95 Å². The molecule has 0 saturated heterocycles. The number of carbonyl (C=O) groups is 1. The van der Waals surface area contributed by atoms with Crippen molar-refractivity contribution in [1.29, 1.82) is 0 Å². The molecule has 0 amide bonds. The minimum absolute atomic E-state index is 0.175. The van der Waals surface area contributed by atoms with Crippen LogP contribution in [0, 0.1) is 0 Å². The Morgan fingerprint density at radius 2 is 1.51 bits per heavy atom. The molecule has 0 bridgehead atoms. The van der Waals surface area contributed by atoms with Gasteiger partial charge in [0.15, 0.2) is 0 Å². The summed E-state index contributed by atoms with van der Waals surface area (Å²) in [6.45, 7) is 5.50. The van der Waals surface area contributed by atoms with E-state index in [2.05, 4.69) is 29.2 Å². The summed E-state index contributed by atoms with van der Waals surface area (Å²) in [5.41, 5.74) is 3.42. The highest BCUT2D eigenvalue weighted by molar-refractivity contribution is 5.84. The number of ether oxygens (including phenoxy) is 3. The van der Waals surface area contributed by atoms with Crippen molar-refractivity contribution in [3.63, 3.8) is 0 Å². The summed E-state index contributed by atoms with van der Waals surface area (Å²) in [4.78, 5) is 24.7. The zero-order valence-corrected chi connectivity index (χ0v) is 20.9. The van der Waals surface area contributed by atoms with Crippen LogP contribution in [0.25, 0.3) is 0 Å². The van der Waals surface area contributed by atoms with E-state index in [0.29, 0.717) is 38.5 Å². The fourth-order valence-corrected chi connectivity index (χ4v) is 4.71. The first-order chi connectivity index (χ1) is 17.0. The Hall–Kier alpha value is -3.61. The van der Waals surface area contributed by atoms with Crippen molar-refractivity contribution in [3.05, 3.63) is 77.1 Å². The van der Waals surface area contributed by atoms with E-state index in [1.165, 1.54) is 0 Å². The fourth-order valence-electron chi connectivity index (χ4n) is 4.71. The number of methoxy groups -OCH3 is 2. The first-order valence-electron chi connectivity index (χ1n) is 12.1. The Kier molecular flexibility index (Phi) is 7.54. The highest BCUT2D eigenvalue weighted by atomic mass is 16.5. The molecule has 0 spiro atoms. The molecule has 0 fully saturated rings. The molecular formula is C28H33N3O4. The van der Waals surface area contributed by atoms with E-state index < -0.39 is 5.41 Å². The van der Waals surface area contributed by atoms with Gasteiger partial charge in [0.05, 0.1) is 31.9 Å². The van der Waals surface area contributed by atoms with Crippen molar-refractivity contribution in [2.45, 2.75) is 51.6 Å². The van der Waals surface area contributed by atoms with Gasteiger partial charge in [-0.2, -0.15) is 0 Å². The highest BCUT2D eigenvalue weighted by Crippen LogP contribution is 2.42. The quantitative estimate of drug-likeness (QED) is 0.388. The number of hydrogen-bond donors (Lipinski definition) is 0. The van der Waals surface area contributed by atoms with Crippen LogP contribution in [0.2, 0.25) is 0 Å². The van der Waals surface area contributed by atoms with E-state index in [1.807, 2.05) is 44.3 Å². The Labute approximate surface area is 207 Å². The van der Waals surface area contributed by atoms with Crippen LogP contribution in [-0.2, 0) is 34.5 Å². The summed E-state index contributed by atoms with van der Waals surface area (Å²) in [5.74, 6) is 2.11. The minimum atomic E-state index is -0.652. The van der Waals surface area contributed by atoms with Crippen LogP contribution in [0.5, 0.6) is 11.5 Å². The van der Waals surface area contributed by atoms with Crippen LogP contribution in [0.15, 0.2) is 54.7 Å². The Morgan fingerprint density at radius 1 is 0.943 bits per heavy atom. The molecule has 0 saturated carbocycles. The lowest BCUT2D eigenvalue weighted by molar-refractivity contribution is -0.150. The molecule has 35 heavy (non-hydrogen) atoms. The molecule has 4 rings (SSSR count). The molecule has 0 N–H and O–H groups in total. The van der Waals surface area contributed by atoms with Crippen LogP contribution < -0.4 is 14.4 Å². The SMILES string of the molecule is CCOC(=O)C1(CC)CCc2nc(N(Cc3ccc(OC)cc3)Cc3ccc(OC)cc3)ncc21. The van der Waals surface area contributed by atoms with Gasteiger partial charge in [0.1, 0.15) is 11.5 Å². The van der Waals surface area contributed by atoms with Gasteiger partial charge in [-0.05, 0) is 61.6 Å². The lowest BCUT2D eigenvalue weighted by Crippen LogP contribution is -2.35. The third kappa shape index (κ3) is 5.09. The smallest absolute Gasteiger partial charge is 0.316 e. The molecule has 1 aliphatic carbocycles. The summed E-state index contributed by atoms with van der Waals surface area (Å²) in [7, 11) is 3.33. The van der Waals surface area contributed by atoms with Gasteiger partial charge in [-0.3, -0.25) is 4.79 Å². The predicted molar refractivity (Wildman–Crippen MR) is 135 cm³/mol. The third-order valence-corrected chi connectivity index (χ3v) is 6.78. The lowest BCUT2D eigenvalue weighted by atomic mass is 9.80. The van der Waals surface area contributed by atoms with Crippen molar-refractivity contribution in [2.24, 2.45) is 0 Å². The maximum atomic E-state index is 12.9. The van der Waals surface area contributed by atoms with Gasteiger partial charge in [-0.1, -0.05) is 31.2 Å². The number of fused-ring (bicyclic) bond motifs is 1. The fraction of sp³-hybridized carbons (Fsp3) is 0.393. The standard InChI is InChI=1S/C28H33N3O4/c1-5-28(26(32)35-6-2)16-15-25-24(28)17-29-27(30-25)31(18-20-7-11-22(33-3)12-8-20)19-21-9-13-23(34-4)14-10-21/h7-14,17H,5-6,15-16,18-19H2,1-4H3. The number of rotatable bonds is 10. The number of hydrogen-bond acceptors (Lipinski definition) is 7. The molecule has 7 heteroatoms. The summed E-state index contributed by atoms with van der Waals surface area (Å²) in [6.07, 6.45) is 3.94. The number of aryl methyl sites for hydroxylation is 1. The summed E-state index contributed by atoms with van der Waals surface area (Å²) < 4.78 is 16.0. The zero-order valence-electron chi connectivity index (χ0n) is 20.9. The van der Waals surface area contributed by atoms with Crippen molar-refractivity contribution in [1.82, 2.24) is 9.97 Å². The maximum Gasteiger partial charge on any atom is 0.316 e. The van der Waals surface area contributed by atoms with E-state index in [1.54, 1.807) is 14.2 Å². The topological polar surface area (TPSA) is 73.8 Å². The second-order valence-electron chi connectivity index (χ2n) is 8.74. The molecule has 1 atom stereocenters. The molecule has 0 aliphatic heterocycles. The second kappa shape index (κ2) is 10.8. The Morgan fingerprint density at radius 3 is 2.00 bits per heavy atom.